The second kappa shape index (κ2) is 10.0. The van der Waals surface area contributed by atoms with Gasteiger partial charge in [-0.1, -0.05) is 18.5 Å². The third-order valence-corrected chi connectivity index (χ3v) is 6.01. The highest BCUT2D eigenvalue weighted by Crippen LogP contribution is 2.31. The van der Waals surface area contributed by atoms with Crippen LogP contribution in [0.2, 0.25) is 5.02 Å². The van der Waals surface area contributed by atoms with Crippen molar-refractivity contribution < 1.29 is 28.8 Å². The van der Waals surface area contributed by atoms with E-state index in [0.717, 1.165) is 11.0 Å². The Hall–Kier alpha value is -3.79. The van der Waals surface area contributed by atoms with Crippen molar-refractivity contribution >= 4 is 46.7 Å². The first-order chi connectivity index (χ1) is 16.1. The van der Waals surface area contributed by atoms with E-state index in [9.17, 15) is 29.3 Å². The number of methoxy groups -OCH3 is 1. The molecular weight excluding hydrogens is 466 g/mol. The molecule has 178 valence electrons. The van der Waals surface area contributed by atoms with Crippen LogP contribution in [0.25, 0.3) is 0 Å². The Kier molecular flexibility index (Phi) is 7.31. The van der Waals surface area contributed by atoms with Crippen molar-refractivity contribution in [1.82, 2.24) is 4.90 Å². The molecule has 3 amide bonds. The number of benzene rings is 2. The summed E-state index contributed by atoms with van der Waals surface area (Å²) < 4.78 is 4.65. The Balaban J connectivity index is 1.95. The number of ether oxygens (including phenoxy) is 1. The predicted octanol–water partition coefficient (Wildman–Crippen LogP) is 3.61. The van der Waals surface area contributed by atoms with E-state index in [0.29, 0.717) is 6.42 Å². The molecule has 0 aromatic heterocycles. The number of hydrogen-bond donors (Lipinski definition) is 0. The Bertz CT molecular complexity index is 1170. The van der Waals surface area contributed by atoms with E-state index in [1.807, 2.05) is 6.92 Å². The lowest BCUT2D eigenvalue weighted by atomic mass is 10.1. The summed E-state index contributed by atoms with van der Waals surface area (Å²) in [5, 5.41) is 11.1. The molecule has 0 N–H and O–H groups in total. The van der Waals surface area contributed by atoms with Crippen LogP contribution in [0.4, 0.5) is 11.4 Å². The zero-order valence-electron chi connectivity index (χ0n) is 18.7. The fourth-order valence-electron chi connectivity index (χ4n) is 3.75. The molecule has 1 aliphatic heterocycles. The maximum absolute atomic E-state index is 13.4. The summed E-state index contributed by atoms with van der Waals surface area (Å²) in [6.07, 6.45) is 0.233. The third-order valence-electron chi connectivity index (χ3n) is 5.70. The zero-order chi connectivity index (χ0) is 25.2. The van der Waals surface area contributed by atoms with Crippen LogP contribution in [0.5, 0.6) is 0 Å². The number of carbonyl (C=O) groups excluding carboxylic acids is 4. The Morgan fingerprint density at radius 3 is 2.38 bits per heavy atom. The lowest BCUT2D eigenvalue weighted by molar-refractivity contribution is -0.384. The van der Waals surface area contributed by atoms with Gasteiger partial charge in [0.1, 0.15) is 11.1 Å². The summed E-state index contributed by atoms with van der Waals surface area (Å²) in [6, 6.07) is 7.88. The summed E-state index contributed by atoms with van der Waals surface area (Å²) in [4.78, 5) is 64.0. The van der Waals surface area contributed by atoms with Crippen LogP contribution in [-0.2, 0) is 14.3 Å². The van der Waals surface area contributed by atoms with E-state index >= 15 is 0 Å². The van der Waals surface area contributed by atoms with Crippen LogP contribution in [0.15, 0.2) is 42.5 Å². The number of nitrogens with zero attached hydrogens (tertiary/aromatic N) is 3. The van der Waals surface area contributed by atoms with Crippen molar-refractivity contribution in [3.05, 3.63) is 68.7 Å². The molecule has 1 heterocycles. The van der Waals surface area contributed by atoms with Crippen LogP contribution >= 0.6 is 11.6 Å². The van der Waals surface area contributed by atoms with Crippen molar-refractivity contribution in [2.45, 2.75) is 38.8 Å². The van der Waals surface area contributed by atoms with Crippen molar-refractivity contribution in [3.63, 3.8) is 0 Å². The summed E-state index contributed by atoms with van der Waals surface area (Å²) >= 11 is 5.86. The van der Waals surface area contributed by atoms with Crippen molar-refractivity contribution in [2.24, 2.45) is 0 Å². The molecule has 2 aromatic rings. The molecule has 0 saturated carbocycles. The average molecular weight is 488 g/mol. The van der Waals surface area contributed by atoms with Crippen LogP contribution in [0.3, 0.4) is 0 Å². The van der Waals surface area contributed by atoms with E-state index in [1.54, 1.807) is 6.92 Å². The third kappa shape index (κ3) is 4.62. The molecule has 2 atom stereocenters. The van der Waals surface area contributed by atoms with Gasteiger partial charge in [-0.25, -0.2) is 9.69 Å². The van der Waals surface area contributed by atoms with Gasteiger partial charge in [0.25, 0.3) is 17.5 Å². The van der Waals surface area contributed by atoms with Gasteiger partial charge in [0, 0.05) is 17.7 Å². The number of esters is 1. The number of imide groups is 1. The molecule has 0 bridgehead atoms. The first kappa shape index (κ1) is 24.8. The van der Waals surface area contributed by atoms with Crippen molar-refractivity contribution in [2.75, 3.05) is 12.0 Å². The van der Waals surface area contributed by atoms with Crippen molar-refractivity contribution in [3.8, 4) is 0 Å². The lowest BCUT2D eigenvalue weighted by Crippen LogP contribution is -2.49. The van der Waals surface area contributed by atoms with E-state index in [-0.39, 0.29) is 28.3 Å². The molecule has 0 aliphatic carbocycles. The van der Waals surface area contributed by atoms with E-state index < -0.39 is 46.4 Å². The van der Waals surface area contributed by atoms with Gasteiger partial charge < -0.3 is 9.64 Å². The number of anilines is 1. The lowest BCUT2D eigenvalue weighted by Gasteiger charge is -2.33. The normalized spacial score (nSPS) is 16.4. The number of amides is 3. The van der Waals surface area contributed by atoms with E-state index in [1.165, 1.54) is 48.4 Å². The highest BCUT2D eigenvalue weighted by Gasteiger charge is 2.46. The first-order valence-electron chi connectivity index (χ1n) is 10.4. The maximum Gasteiger partial charge on any atom is 0.337 e. The molecule has 1 fully saturated rings. The number of hydrogen-bond acceptors (Lipinski definition) is 7. The predicted molar refractivity (Wildman–Crippen MR) is 123 cm³/mol. The fourth-order valence-corrected chi connectivity index (χ4v) is 3.94. The standard InChI is InChI=1S/C23H22ClN3O7/c1-4-13(2)25(21(29)15-7-10-17(24)18(11-15)27(32)33)19-12-20(28)26(22(19)30)16-8-5-14(6-9-16)23(31)34-3/h5-11,13,19H,4,12H2,1-3H3. The average Bonchev–Trinajstić information content (AvgIpc) is 3.11. The molecule has 1 saturated heterocycles. The summed E-state index contributed by atoms with van der Waals surface area (Å²) in [6.45, 7) is 3.55. The monoisotopic (exact) mass is 487 g/mol. The van der Waals surface area contributed by atoms with E-state index in [4.69, 9.17) is 11.6 Å². The SMILES string of the molecule is CCC(C)N(C(=O)c1ccc(Cl)c([N+](=O)[O-])c1)C1CC(=O)N(c2ccc(C(=O)OC)cc2)C1=O. The largest absolute Gasteiger partial charge is 0.465 e. The van der Waals surface area contributed by atoms with Gasteiger partial charge in [-0.2, -0.15) is 0 Å². The molecule has 10 nitrogen and oxygen atoms in total. The van der Waals surface area contributed by atoms with Gasteiger partial charge in [-0.15, -0.1) is 0 Å². The number of halogens is 1. The minimum Gasteiger partial charge on any atom is -0.465 e. The number of carbonyl (C=O) groups is 4. The molecule has 11 heteroatoms. The Labute approximate surface area is 200 Å². The minimum absolute atomic E-state index is 0.0162. The van der Waals surface area contributed by atoms with Crippen LogP contribution in [0.1, 0.15) is 47.4 Å². The minimum atomic E-state index is -1.09. The van der Waals surface area contributed by atoms with Gasteiger partial charge in [-0.05, 0) is 49.7 Å². The molecule has 0 radical (unpaired) electrons. The highest BCUT2D eigenvalue weighted by atomic mass is 35.5. The molecule has 34 heavy (non-hydrogen) atoms. The number of nitro groups is 1. The van der Waals surface area contributed by atoms with Crippen molar-refractivity contribution in [1.29, 1.82) is 0 Å². The number of rotatable bonds is 7. The van der Waals surface area contributed by atoms with Gasteiger partial charge in [0.05, 0.1) is 29.7 Å². The van der Waals surface area contributed by atoms with Gasteiger partial charge in [0.2, 0.25) is 5.91 Å². The van der Waals surface area contributed by atoms with E-state index in [2.05, 4.69) is 4.74 Å². The highest BCUT2D eigenvalue weighted by molar-refractivity contribution is 6.32. The molecule has 0 spiro atoms. The molecule has 2 aromatic carbocycles. The molecule has 2 unspecified atom stereocenters. The second-order valence-corrected chi connectivity index (χ2v) is 8.13. The molecular formula is C23H22ClN3O7. The topological polar surface area (TPSA) is 127 Å². The quantitative estimate of drug-likeness (QED) is 0.252. The Morgan fingerprint density at radius 1 is 1.21 bits per heavy atom. The molecule has 1 aliphatic rings. The maximum atomic E-state index is 13.4. The number of nitro benzene ring substituents is 1. The first-order valence-corrected chi connectivity index (χ1v) is 10.8. The second-order valence-electron chi connectivity index (χ2n) is 7.72. The fraction of sp³-hybridized carbons (Fsp3) is 0.304. The van der Waals surface area contributed by atoms with Gasteiger partial charge >= 0.3 is 5.97 Å². The van der Waals surface area contributed by atoms with Crippen LogP contribution in [-0.4, -0.2) is 52.7 Å². The van der Waals surface area contributed by atoms with Gasteiger partial charge in [0.15, 0.2) is 0 Å². The summed E-state index contributed by atoms with van der Waals surface area (Å²) in [5.41, 5.74) is 0.0572. The van der Waals surface area contributed by atoms with Gasteiger partial charge in [-0.3, -0.25) is 24.5 Å². The van der Waals surface area contributed by atoms with Crippen LogP contribution < -0.4 is 4.90 Å². The Morgan fingerprint density at radius 2 is 1.82 bits per heavy atom. The summed E-state index contributed by atoms with van der Waals surface area (Å²) in [7, 11) is 1.24. The summed E-state index contributed by atoms with van der Waals surface area (Å²) in [5.74, 6) is -2.30. The molecule has 3 rings (SSSR count). The smallest absolute Gasteiger partial charge is 0.337 e. The van der Waals surface area contributed by atoms with Crippen LogP contribution in [0, 0.1) is 10.1 Å². The zero-order valence-corrected chi connectivity index (χ0v) is 19.4.